The number of nitrogens with zero attached hydrogens (tertiary/aromatic N) is 1. The standard InChI is InChI=1S/C9H14N2O5S/c1-2-16-9(13)11-3-8(12)10-6-4-17(14,15)5-7(6)11/h6-7H,2-5H2,1H3,(H,10,12)/t6-,7-/m1/s1. The Labute approximate surface area is 99.0 Å². The zero-order valence-electron chi connectivity index (χ0n) is 9.38. The van der Waals surface area contributed by atoms with E-state index in [1.165, 1.54) is 4.90 Å². The van der Waals surface area contributed by atoms with Gasteiger partial charge in [0.05, 0.1) is 30.2 Å². The van der Waals surface area contributed by atoms with Crippen molar-refractivity contribution in [3.63, 3.8) is 0 Å². The van der Waals surface area contributed by atoms with Gasteiger partial charge in [-0.1, -0.05) is 0 Å². The van der Waals surface area contributed by atoms with E-state index in [0.717, 1.165) is 0 Å². The molecule has 2 saturated heterocycles. The molecule has 2 fully saturated rings. The van der Waals surface area contributed by atoms with Gasteiger partial charge in [-0.15, -0.1) is 0 Å². The van der Waals surface area contributed by atoms with Gasteiger partial charge < -0.3 is 10.1 Å². The fourth-order valence-electron chi connectivity index (χ4n) is 2.20. The molecule has 0 saturated carbocycles. The quantitative estimate of drug-likeness (QED) is 0.636. The summed E-state index contributed by atoms with van der Waals surface area (Å²) in [6.45, 7) is 1.71. The lowest BCUT2D eigenvalue weighted by atomic mass is 10.1. The Morgan fingerprint density at radius 3 is 2.88 bits per heavy atom. The topological polar surface area (TPSA) is 92.8 Å². The van der Waals surface area contributed by atoms with Crippen molar-refractivity contribution in [1.29, 1.82) is 0 Å². The summed E-state index contributed by atoms with van der Waals surface area (Å²) in [6.07, 6.45) is -0.630. The van der Waals surface area contributed by atoms with Gasteiger partial charge in [-0.3, -0.25) is 9.69 Å². The maximum Gasteiger partial charge on any atom is 0.410 e. The Kier molecular flexibility index (Phi) is 2.98. The van der Waals surface area contributed by atoms with Crippen LogP contribution in [0.2, 0.25) is 0 Å². The fourth-order valence-corrected chi connectivity index (χ4v) is 4.13. The van der Waals surface area contributed by atoms with Crippen LogP contribution in [0.15, 0.2) is 0 Å². The first-order valence-corrected chi connectivity index (χ1v) is 7.18. The van der Waals surface area contributed by atoms with Crippen LogP contribution in [0, 0.1) is 0 Å². The van der Waals surface area contributed by atoms with Gasteiger partial charge in [0.15, 0.2) is 9.84 Å². The number of fused-ring (bicyclic) bond motifs is 1. The molecule has 1 N–H and O–H groups in total. The summed E-state index contributed by atoms with van der Waals surface area (Å²) in [5, 5.41) is 2.59. The molecule has 0 radical (unpaired) electrons. The summed E-state index contributed by atoms with van der Waals surface area (Å²) >= 11 is 0. The maximum absolute atomic E-state index is 11.6. The lowest BCUT2D eigenvalue weighted by Crippen LogP contribution is -2.61. The van der Waals surface area contributed by atoms with E-state index in [9.17, 15) is 18.0 Å². The SMILES string of the molecule is CCOC(=O)N1CC(=O)N[C@@H]2CS(=O)(=O)C[C@H]21. The molecule has 2 amide bonds. The van der Waals surface area contributed by atoms with E-state index in [1.807, 2.05) is 0 Å². The molecular weight excluding hydrogens is 248 g/mol. The van der Waals surface area contributed by atoms with Crippen molar-refractivity contribution in [3.05, 3.63) is 0 Å². The summed E-state index contributed by atoms with van der Waals surface area (Å²) in [5.74, 6) is -0.577. The van der Waals surface area contributed by atoms with Gasteiger partial charge in [0.2, 0.25) is 5.91 Å². The molecule has 2 aliphatic heterocycles. The number of hydrogen-bond acceptors (Lipinski definition) is 5. The molecule has 0 aromatic heterocycles. The van der Waals surface area contributed by atoms with Crippen LogP contribution >= 0.6 is 0 Å². The number of sulfone groups is 1. The van der Waals surface area contributed by atoms with E-state index in [2.05, 4.69) is 5.32 Å². The third-order valence-electron chi connectivity index (χ3n) is 2.89. The fraction of sp³-hybridized carbons (Fsp3) is 0.778. The molecule has 2 rings (SSSR count). The molecule has 96 valence electrons. The Hall–Kier alpha value is -1.31. The zero-order valence-corrected chi connectivity index (χ0v) is 10.2. The molecule has 0 aromatic carbocycles. The average Bonchev–Trinajstić information content (AvgIpc) is 2.51. The van der Waals surface area contributed by atoms with E-state index >= 15 is 0 Å². The number of amides is 2. The first-order valence-electron chi connectivity index (χ1n) is 5.36. The lowest BCUT2D eigenvalue weighted by Gasteiger charge is -2.35. The smallest absolute Gasteiger partial charge is 0.410 e. The molecule has 2 aliphatic rings. The highest BCUT2D eigenvalue weighted by molar-refractivity contribution is 7.91. The van der Waals surface area contributed by atoms with Crippen LogP contribution < -0.4 is 5.32 Å². The van der Waals surface area contributed by atoms with Crippen molar-refractivity contribution in [1.82, 2.24) is 10.2 Å². The van der Waals surface area contributed by atoms with Gasteiger partial charge in [-0.25, -0.2) is 13.2 Å². The predicted molar refractivity (Wildman–Crippen MR) is 58.1 cm³/mol. The Balaban J connectivity index is 2.21. The molecule has 0 unspecified atom stereocenters. The van der Waals surface area contributed by atoms with Gasteiger partial charge in [-0.05, 0) is 6.92 Å². The molecule has 2 heterocycles. The van der Waals surface area contributed by atoms with Crippen molar-refractivity contribution < 1.29 is 22.7 Å². The normalized spacial score (nSPS) is 30.6. The van der Waals surface area contributed by atoms with Crippen molar-refractivity contribution in [3.8, 4) is 0 Å². The summed E-state index contributed by atoms with van der Waals surface area (Å²) in [7, 11) is -3.20. The summed E-state index contributed by atoms with van der Waals surface area (Å²) in [4.78, 5) is 24.2. The molecule has 2 atom stereocenters. The van der Waals surface area contributed by atoms with Crippen LogP contribution in [0.5, 0.6) is 0 Å². The van der Waals surface area contributed by atoms with Crippen molar-refractivity contribution in [2.24, 2.45) is 0 Å². The Morgan fingerprint density at radius 1 is 1.53 bits per heavy atom. The highest BCUT2D eigenvalue weighted by Crippen LogP contribution is 2.22. The minimum atomic E-state index is -3.20. The van der Waals surface area contributed by atoms with Crippen LogP contribution in [-0.4, -0.2) is 62.1 Å². The molecule has 0 bridgehead atoms. The van der Waals surface area contributed by atoms with Crippen molar-refractivity contribution in [2.45, 2.75) is 19.0 Å². The van der Waals surface area contributed by atoms with E-state index in [-0.39, 0.29) is 30.6 Å². The second kappa shape index (κ2) is 4.17. The number of hydrogen-bond donors (Lipinski definition) is 1. The first-order chi connectivity index (χ1) is 7.93. The van der Waals surface area contributed by atoms with Crippen LogP contribution in [-0.2, 0) is 19.4 Å². The zero-order chi connectivity index (χ0) is 12.6. The minimum absolute atomic E-state index is 0.112. The van der Waals surface area contributed by atoms with E-state index in [4.69, 9.17) is 4.74 Å². The molecule has 7 nitrogen and oxygen atoms in total. The second-order valence-corrected chi connectivity index (χ2v) is 6.30. The molecule has 0 spiro atoms. The van der Waals surface area contributed by atoms with E-state index < -0.39 is 28.0 Å². The number of piperazine rings is 1. The molecular formula is C9H14N2O5S. The lowest BCUT2D eigenvalue weighted by molar-refractivity contribution is -0.126. The number of ether oxygens (including phenoxy) is 1. The summed E-state index contributed by atoms with van der Waals surface area (Å²) in [6, 6.07) is -1.01. The molecule has 17 heavy (non-hydrogen) atoms. The number of carbonyl (C=O) groups is 2. The first kappa shape index (κ1) is 12.2. The average molecular weight is 262 g/mol. The van der Waals surface area contributed by atoms with E-state index in [0.29, 0.717) is 0 Å². The summed E-state index contributed by atoms with van der Waals surface area (Å²) < 4.78 is 27.8. The molecule has 0 aromatic rings. The number of rotatable bonds is 1. The predicted octanol–water partition coefficient (Wildman–Crippen LogP) is -1.26. The Morgan fingerprint density at radius 2 is 2.24 bits per heavy atom. The van der Waals surface area contributed by atoms with Crippen LogP contribution in [0.1, 0.15) is 6.92 Å². The maximum atomic E-state index is 11.6. The summed E-state index contributed by atoms with van der Waals surface area (Å²) in [5.41, 5.74) is 0. The highest BCUT2D eigenvalue weighted by atomic mass is 32.2. The largest absolute Gasteiger partial charge is 0.450 e. The van der Waals surface area contributed by atoms with Gasteiger partial charge in [0, 0.05) is 0 Å². The second-order valence-electron chi connectivity index (χ2n) is 4.15. The van der Waals surface area contributed by atoms with Gasteiger partial charge in [-0.2, -0.15) is 0 Å². The number of nitrogens with one attached hydrogen (secondary N) is 1. The Bertz CT molecular complexity index is 446. The third kappa shape index (κ3) is 2.36. The van der Waals surface area contributed by atoms with Crippen LogP contribution in [0.25, 0.3) is 0 Å². The number of carbonyl (C=O) groups excluding carboxylic acids is 2. The third-order valence-corrected chi connectivity index (χ3v) is 4.60. The molecule has 0 aliphatic carbocycles. The van der Waals surface area contributed by atoms with E-state index in [1.54, 1.807) is 6.92 Å². The van der Waals surface area contributed by atoms with Gasteiger partial charge >= 0.3 is 6.09 Å². The molecule has 8 heteroatoms. The van der Waals surface area contributed by atoms with Gasteiger partial charge in [0.25, 0.3) is 0 Å². The monoisotopic (exact) mass is 262 g/mol. The van der Waals surface area contributed by atoms with Gasteiger partial charge in [0.1, 0.15) is 6.54 Å². The van der Waals surface area contributed by atoms with Crippen LogP contribution in [0.3, 0.4) is 0 Å². The van der Waals surface area contributed by atoms with Crippen molar-refractivity contribution >= 4 is 21.8 Å². The highest BCUT2D eigenvalue weighted by Gasteiger charge is 2.47. The van der Waals surface area contributed by atoms with Crippen molar-refractivity contribution in [2.75, 3.05) is 24.7 Å². The van der Waals surface area contributed by atoms with Crippen LogP contribution in [0.4, 0.5) is 4.79 Å². The minimum Gasteiger partial charge on any atom is -0.450 e.